The number of benzene rings is 3. The van der Waals surface area contributed by atoms with E-state index >= 15 is 0 Å². The molecule has 7 heteroatoms. The maximum Gasteiger partial charge on any atom is 0.410 e. The van der Waals surface area contributed by atoms with Gasteiger partial charge in [-0.2, -0.15) is 0 Å². The lowest BCUT2D eigenvalue weighted by molar-refractivity contribution is -0.136. The van der Waals surface area contributed by atoms with Crippen LogP contribution in [0, 0.1) is 0 Å². The van der Waals surface area contributed by atoms with Crippen molar-refractivity contribution in [3.8, 4) is 11.5 Å². The molecule has 1 unspecified atom stereocenters. The largest absolute Gasteiger partial charge is 0.481 e. The first-order chi connectivity index (χ1) is 15.0. The highest BCUT2D eigenvalue weighted by molar-refractivity contribution is 9.10. The number of carboxylic acid groups (broad SMARTS) is 1. The summed E-state index contributed by atoms with van der Waals surface area (Å²) in [6.45, 7) is 0.603. The maximum absolute atomic E-state index is 12.5. The van der Waals surface area contributed by atoms with Crippen LogP contribution in [0.3, 0.4) is 0 Å². The average molecular weight is 482 g/mol. The first kappa shape index (κ1) is 20.9. The molecule has 0 aromatic heterocycles. The molecule has 31 heavy (non-hydrogen) atoms. The van der Waals surface area contributed by atoms with Crippen LogP contribution in [-0.4, -0.2) is 28.7 Å². The van der Waals surface area contributed by atoms with Crippen LogP contribution in [0.4, 0.5) is 4.79 Å². The summed E-state index contributed by atoms with van der Waals surface area (Å²) < 4.78 is 12.3. The number of hydrogen-bond donors (Lipinski definition) is 1. The van der Waals surface area contributed by atoms with Gasteiger partial charge in [0.05, 0.1) is 19.0 Å². The second kappa shape index (κ2) is 9.22. The number of ether oxygens (including phenoxy) is 2. The van der Waals surface area contributed by atoms with Crippen LogP contribution in [-0.2, 0) is 22.5 Å². The molecule has 4 rings (SSSR count). The van der Waals surface area contributed by atoms with Gasteiger partial charge in [0.25, 0.3) is 0 Å². The topological polar surface area (TPSA) is 76.1 Å². The summed E-state index contributed by atoms with van der Waals surface area (Å²) in [6.07, 6.45) is -0.453. The second-order valence-electron chi connectivity index (χ2n) is 7.20. The molecule has 6 nitrogen and oxygen atoms in total. The van der Waals surface area contributed by atoms with Crippen LogP contribution in [0.1, 0.15) is 22.7 Å². The molecule has 0 bridgehead atoms. The van der Waals surface area contributed by atoms with Gasteiger partial charge >= 0.3 is 12.1 Å². The first-order valence-corrected chi connectivity index (χ1v) is 10.5. The predicted octanol–water partition coefficient (Wildman–Crippen LogP) is 5.56. The second-order valence-corrected chi connectivity index (χ2v) is 8.12. The summed E-state index contributed by atoms with van der Waals surface area (Å²) in [4.78, 5) is 25.2. The highest BCUT2D eigenvalue weighted by Crippen LogP contribution is 2.34. The van der Waals surface area contributed by atoms with Crippen molar-refractivity contribution in [1.82, 2.24) is 4.90 Å². The Hall–Kier alpha value is -3.32. The number of cyclic esters (lactones) is 1. The zero-order valence-corrected chi connectivity index (χ0v) is 18.1. The van der Waals surface area contributed by atoms with Crippen molar-refractivity contribution in [3.05, 3.63) is 94.0 Å². The van der Waals surface area contributed by atoms with E-state index in [-0.39, 0.29) is 18.6 Å². The van der Waals surface area contributed by atoms with Gasteiger partial charge in [0.2, 0.25) is 0 Å². The fraction of sp³-hybridized carbons (Fsp3) is 0.167. The number of carbonyl (C=O) groups excluding carboxylic acids is 1. The molecule has 1 amide bonds. The van der Waals surface area contributed by atoms with Gasteiger partial charge in [-0.15, -0.1) is 0 Å². The van der Waals surface area contributed by atoms with Crippen molar-refractivity contribution >= 4 is 28.0 Å². The molecule has 0 radical (unpaired) electrons. The monoisotopic (exact) mass is 481 g/mol. The Kier molecular flexibility index (Phi) is 6.23. The highest BCUT2D eigenvalue weighted by atomic mass is 79.9. The molecule has 1 aliphatic rings. The Labute approximate surface area is 188 Å². The van der Waals surface area contributed by atoms with E-state index in [2.05, 4.69) is 15.9 Å². The molecule has 0 saturated carbocycles. The Morgan fingerprint density at radius 3 is 2.68 bits per heavy atom. The standard InChI is InChI=1S/C24H20BrNO5/c25-19-9-10-22(31-20-8-4-5-16(11-20)12-23(27)28)18(13-19)14-26-21(15-30-24(26)29)17-6-2-1-3-7-17/h1-11,13,21H,12,14-15H2,(H,27,28). The molecule has 0 aliphatic carbocycles. The highest BCUT2D eigenvalue weighted by Gasteiger charge is 2.34. The van der Waals surface area contributed by atoms with Crippen LogP contribution < -0.4 is 4.74 Å². The van der Waals surface area contributed by atoms with E-state index in [1.165, 1.54) is 0 Å². The number of hydrogen-bond acceptors (Lipinski definition) is 4. The first-order valence-electron chi connectivity index (χ1n) is 9.75. The Morgan fingerprint density at radius 1 is 1.10 bits per heavy atom. The molecule has 1 N–H and O–H groups in total. The summed E-state index contributed by atoms with van der Waals surface area (Å²) in [6, 6.07) is 22.2. The third-order valence-corrected chi connectivity index (χ3v) is 5.50. The van der Waals surface area contributed by atoms with Crippen LogP contribution >= 0.6 is 15.9 Å². The molecule has 1 heterocycles. The average Bonchev–Trinajstić information content (AvgIpc) is 3.11. The van der Waals surface area contributed by atoms with Gasteiger partial charge in [-0.05, 0) is 41.5 Å². The Balaban J connectivity index is 1.60. The molecular formula is C24H20BrNO5. The van der Waals surface area contributed by atoms with Gasteiger partial charge in [-0.1, -0.05) is 58.4 Å². The summed E-state index contributed by atoms with van der Waals surface area (Å²) in [7, 11) is 0. The van der Waals surface area contributed by atoms with Crippen molar-refractivity contribution in [1.29, 1.82) is 0 Å². The number of halogens is 1. The van der Waals surface area contributed by atoms with E-state index < -0.39 is 5.97 Å². The van der Waals surface area contributed by atoms with E-state index in [0.717, 1.165) is 15.6 Å². The van der Waals surface area contributed by atoms with E-state index in [0.29, 0.717) is 30.2 Å². The Bertz CT molecular complexity index is 1100. The predicted molar refractivity (Wildman–Crippen MR) is 118 cm³/mol. The molecule has 1 atom stereocenters. The van der Waals surface area contributed by atoms with Crippen LogP contribution in [0.15, 0.2) is 77.3 Å². The Morgan fingerprint density at radius 2 is 1.90 bits per heavy atom. The smallest absolute Gasteiger partial charge is 0.410 e. The van der Waals surface area contributed by atoms with Gasteiger partial charge in [0.15, 0.2) is 0 Å². The summed E-state index contributed by atoms with van der Waals surface area (Å²) >= 11 is 3.49. The van der Waals surface area contributed by atoms with E-state index in [9.17, 15) is 9.59 Å². The van der Waals surface area contributed by atoms with E-state index in [1.807, 2.05) is 48.5 Å². The molecule has 1 saturated heterocycles. The van der Waals surface area contributed by atoms with E-state index in [4.69, 9.17) is 14.6 Å². The molecular weight excluding hydrogens is 462 g/mol. The molecule has 1 aliphatic heterocycles. The minimum absolute atomic E-state index is 0.0806. The number of nitrogens with zero attached hydrogens (tertiary/aromatic N) is 1. The van der Waals surface area contributed by atoms with Gasteiger partial charge in [0.1, 0.15) is 18.1 Å². The third-order valence-electron chi connectivity index (χ3n) is 5.00. The zero-order chi connectivity index (χ0) is 21.8. The quantitative estimate of drug-likeness (QED) is 0.477. The summed E-state index contributed by atoms with van der Waals surface area (Å²) in [5.74, 6) is 0.217. The van der Waals surface area contributed by atoms with Gasteiger partial charge in [-0.3, -0.25) is 9.69 Å². The van der Waals surface area contributed by atoms with Gasteiger partial charge in [-0.25, -0.2) is 4.79 Å². The molecule has 3 aromatic rings. The fourth-order valence-corrected chi connectivity index (χ4v) is 3.96. The number of carboxylic acids is 1. The number of aliphatic carboxylic acids is 1. The molecule has 0 spiro atoms. The van der Waals surface area contributed by atoms with Crippen LogP contribution in [0.5, 0.6) is 11.5 Å². The van der Waals surface area contributed by atoms with Gasteiger partial charge in [0, 0.05) is 10.0 Å². The minimum atomic E-state index is -0.902. The van der Waals surface area contributed by atoms with E-state index in [1.54, 1.807) is 29.2 Å². The van der Waals surface area contributed by atoms with Crippen molar-refractivity contribution in [2.45, 2.75) is 19.0 Å². The molecule has 158 valence electrons. The lowest BCUT2D eigenvalue weighted by Gasteiger charge is -2.23. The summed E-state index contributed by atoms with van der Waals surface area (Å²) in [5, 5.41) is 9.03. The third kappa shape index (κ3) is 5.06. The lowest BCUT2D eigenvalue weighted by atomic mass is 10.1. The maximum atomic E-state index is 12.5. The molecule has 1 fully saturated rings. The number of carbonyl (C=O) groups is 2. The van der Waals surface area contributed by atoms with Gasteiger partial charge < -0.3 is 14.6 Å². The number of amides is 1. The van der Waals surface area contributed by atoms with Crippen molar-refractivity contribution in [2.75, 3.05) is 6.61 Å². The minimum Gasteiger partial charge on any atom is -0.481 e. The normalized spacial score (nSPS) is 15.6. The van der Waals surface area contributed by atoms with Crippen LogP contribution in [0.2, 0.25) is 0 Å². The van der Waals surface area contributed by atoms with Crippen molar-refractivity contribution in [2.24, 2.45) is 0 Å². The zero-order valence-electron chi connectivity index (χ0n) is 16.5. The fourth-order valence-electron chi connectivity index (χ4n) is 3.55. The van der Waals surface area contributed by atoms with Crippen LogP contribution in [0.25, 0.3) is 0 Å². The molecule has 3 aromatic carbocycles. The number of rotatable bonds is 7. The lowest BCUT2D eigenvalue weighted by Crippen LogP contribution is -2.27. The summed E-state index contributed by atoms with van der Waals surface area (Å²) in [5.41, 5.74) is 2.46. The SMILES string of the molecule is O=C(O)Cc1cccc(Oc2ccc(Br)cc2CN2C(=O)OCC2c2ccccc2)c1. The van der Waals surface area contributed by atoms with Crippen molar-refractivity contribution < 1.29 is 24.2 Å². The van der Waals surface area contributed by atoms with Crippen molar-refractivity contribution in [3.63, 3.8) is 0 Å².